The molecule has 6 rings (SSSR count). The molecule has 0 fully saturated rings. The number of fused-ring (bicyclic) bond motifs is 2. The fraction of sp³-hybridized carbons (Fsp3) is 0.378. The quantitative estimate of drug-likeness (QED) is 0.156. The van der Waals surface area contributed by atoms with Crippen LogP contribution in [0.15, 0.2) is 96.1 Å². The Bertz CT molecular complexity index is 1950. The van der Waals surface area contributed by atoms with Gasteiger partial charge in [-0.25, -0.2) is 0 Å². The summed E-state index contributed by atoms with van der Waals surface area (Å²) in [6.45, 7) is 21.2. The summed E-state index contributed by atoms with van der Waals surface area (Å²) in [6, 6.07) is 33.2. The van der Waals surface area contributed by atoms with Crippen molar-refractivity contribution in [3.8, 4) is 22.3 Å². The van der Waals surface area contributed by atoms with Gasteiger partial charge in [-0.2, -0.15) is 0 Å². The van der Waals surface area contributed by atoms with Crippen LogP contribution in [0.4, 0.5) is 0 Å². The summed E-state index contributed by atoms with van der Waals surface area (Å²) in [7, 11) is 0. The molecule has 0 nitrogen and oxygen atoms in total. The van der Waals surface area contributed by atoms with E-state index in [0.29, 0.717) is 19.1 Å². The molecule has 0 radical (unpaired) electrons. The van der Waals surface area contributed by atoms with Crippen molar-refractivity contribution in [2.75, 3.05) is 0 Å². The van der Waals surface area contributed by atoms with Gasteiger partial charge in [0.2, 0.25) is 0 Å². The summed E-state index contributed by atoms with van der Waals surface area (Å²) >= 11 is -3.70. The number of allylic oxidation sites excluding steroid dienone is 2. The Balaban J connectivity index is 0.00000270. The van der Waals surface area contributed by atoms with Gasteiger partial charge in [-0.3, -0.25) is 0 Å². The largest absolute Gasteiger partial charge is 0.147 e. The number of halogens is 2. The first kappa shape index (κ1) is 39.8. The minimum atomic E-state index is -3.70. The summed E-state index contributed by atoms with van der Waals surface area (Å²) < 4.78 is 6.62. The van der Waals surface area contributed by atoms with Crippen molar-refractivity contribution in [2.24, 2.45) is 5.92 Å². The Morgan fingerprint density at radius 2 is 1.16 bits per heavy atom. The molecule has 2 aliphatic rings. The van der Waals surface area contributed by atoms with Crippen molar-refractivity contribution in [1.29, 1.82) is 0 Å². The molecule has 0 aromatic heterocycles. The average molecular weight is 789 g/mol. The molecule has 0 saturated carbocycles. The van der Waals surface area contributed by atoms with Crippen molar-refractivity contribution < 1.29 is 17.4 Å². The van der Waals surface area contributed by atoms with Crippen molar-refractivity contribution in [1.82, 2.24) is 0 Å². The molecule has 0 N–H and O–H groups in total. The van der Waals surface area contributed by atoms with E-state index in [-0.39, 0.29) is 30.2 Å². The molecular weight excluding hydrogens is 731 g/mol. The van der Waals surface area contributed by atoms with Crippen molar-refractivity contribution in [3.63, 3.8) is 0 Å². The van der Waals surface area contributed by atoms with Crippen LogP contribution in [0, 0.1) is 5.92 Å². The Hall–Kier alpha value is -1.96. The predicted molar refractivity (Wildman–Crippen MR) is 222 cm³/mol. The molecular formula is C45H58Cl2SiZr. The molecule has 0 saturated heterocycles. The second-order valence-corrected chi connectivity index (χ2v) is 47.5. The Morgan fingerprint density at radius 3 is 1.63 bits per heavy atom. The van der Waals surface area contributed by atoms with Gasteiger partial charge in [-0.1, -0.05) is 0 Å². The summed E-state index contributed by atoms with van der Waals surface area (Å²) in [5.41, 5.74) is 17.9. The van der Waals surface area contributed by atoms with Crippen molar-refractivity contribution in [2.45, 2.75) is 96.1 Å². The number of hydrogen-bond donors (Lipinski definition) is 0. The molecule has 0 bridgehead atoms. The van der Waals surface area contributed by atoms with E-state index in [1.165, 1.54) is 50.9 Å². The first-order chi connectivity index (χ1) is 22.1. The molecule has 0 spiro atoms. The molecule has 3 atom stereocenters. The third kappa shape index (κ3) is 7.11. The van der Waals surface area contributed by atoms with Gasteiger partial charge in [0.1, 0.15) is 0 Å². The maximum absolute atomic E-state index is 3.70. The maximum Gasteiger partial charge on any atom is -0.147 e. The molecule has 0 heterocycles. The zero-order valence-electron chi connectivity index (χ0n) is 31.5. The van der Waals surface area contributed by atoms with Crippen molar-refractivity contribution in [3.05, 3.63) is 129 Å². The topological polar surface area (TPSA) is 0 Å². The Morgan fingerprint density at radius 1 is 0.673 bits per heavy atom. The predicted octanol–water partition coefficient (Wildman–Crippen LogP) is 13.7. The average Bonchev–Trinajstić information content (AvgIpc) is 3.65. The van der Waals surface area contributed by atoms with E-state index < -0.39 is 17.4 Å². The van der Waals surface area contributed by atoms with Crippen LogP contribution in [0.1, 0.15) is 115 Å². The zero-order valence-corrected chi connectivity index (χ0v) is 37.0. The van der Waals surface area contributed by atoms with Crippen LogP contribution >= 0.6 is 24.8 Å². The molecule has 2 aliphatic carbocycles. The summed E-state index contributed by atoms with van der Waals surface area (Å²) in [5, 5.41) is 0. The van der Waals surface area contributed by atoms with E-state index in [1.807, 2.05) is 0 Å². The Kier molecular flexibility index (Phi) is 11.8. The summed E-state index contributed by atoms with van der Waals surface area (Å²) in [6.07, 6.45) is 7.50. The van der Waals surface area contributed by atoms with Gasteiger partial charge in [0.15, 0.2) is 0 Å². The fourth-order valence-corrected chi connectivity index (χ4v) is 29.0. The standard InChI is InChI=1S/C22H25.C21H23.2CH3.2ClH.H2Si.Zr/c1-15(2)18-13-17-7-6-8-20(21(17)14-18)16-9-11-19(12-10-16)22(3,4)5;1-4-15(3)17-9-11-18(12-10-17)20-8-6-7-19-13-16(5-2)14-21(19)20;;;;;;/h6-15H,1-5H3;6-15H,4-5H2,1-3H3;2*1H3;2*1H;1H2;. The number of hydrogen-bond acceptors (Lipinski definition) is 0. The SMILES string of the molecule is CCC1=Cc2c(-c3ccc(C(C)CC)cc3)cccc2[CH]1[Zr]([CH3])([CH3])(=[SiH2])[CH]1C(C(C)C)=Cc2c(-c3ccc(C(C)(C)C)cc3)cccc21.Cl.Cl. The molecule has 260 valence electrons. The van der Waals surface area contributed by atoms with Gasteiger partial charge in [-0.15, -0.1) is 24.8 Å². The van der Waals surface area contributed by atoms with Crippen LogP contribution in [0.25, 0.3) is 34.4 Å². The van der Waals surface area contributed by atoms with E-state index in [0.717, 1.165) is 6.42 Å². The molecule has 4 aromatic carbocycles. The van der Waals surface area contributed by atoms with Gasteiger partial charge in [-0.05, 0) is 0 Å². The van der Waals surface area contributed by atoms with Crippen LogP contribution in [-0.4, -0.2) is 6.88 Å². The maximum atomic E-state index is 2.79. The number of benzene rings is 4. The molecule has 4 aromatic rings. The van der Waals surface area contributed by atoms with E-state index in [2.05, 4.69) is 169 Å². The fourth-order valence-electron chi connectivity index (χ4n) is 8.92. The molecule has 4 heteroatoms. The number of rotatable bonds is 8. The van der Waals surface area contributed by atoms with Crippen LogP contribution in [0.3, 0.4) is 0 Å². The monoisotopic (exact) mass is 786 g/mol. The molecule has 0 aliphatic heterocycles. The normalized spacial score (nSPS) is 17.8. The van der Waals surface area contributed by atoms with E-state index in [1.54, 1.807) is 22.3 Å². The van der Waals surface area contributed by atoms with Crippen LogP contribution < -0.4 is 0 Å². The molecule has 49 heavy (non-hydrogen) atoms. The van der Waals surface area contributed by atoms with Crippen LogP contribution in [-0.2, 0) is 22.8 Å². The minimum absolute atomic E-state index is 0. The summed E-state index contributed by atoms with van der Waals surface area (Å²) in [5.74, 6) is 1.10. The van der Waals surface area contributed by atoms with Gasteiger partial charge in [0, 0.05) is 0 Å². The minimum Gasteiger partial charge on any atom is -0.147 e. The van der Waals surface area contributed by atoms with Crippen LogP contribution in [0.2, 0.25) is 9.26 Å². The smallest absolute Gasteiger partial charge is 0.147 e. The van der Waals surface area contributed by atoms with E-state index in [9.17, 15) is 0 Å². The first-order valence-electron chi connectivity index (χ1n) is 18.1. The third-order valence-electron chi connectivity index (χ3n) is 11.7. The van der Waals surface area contributed by atoms with Crippen molar-refractivity contribution >= 4 is 43.8 Å². The summed E-state index contributed by atoms with van der Waals surface area (Å²) in [4.78, 5) is 0. The van der Waals surface area contributed by atoms with Gasteiger partial charge >= 0.3 is 290 Å². The Labute approximate surface area is 312 Å². The van der Waals surface area contributed by atoms with Gasteiger partial charge in [0.25, 0.3) is 0 Å². The first-order valence-corrected chi connectivity index (χ1v) is 31.8. The third-order valence-corrected chi connectivity index (χ3v) is 29.1. The van der Waals surface area contributed by atoms with Gasteiger partial charge < -0.3 is 0 Å². The molecule has 3 unspecified atom stereocenters. The zero-order chi connectivity index (χ0) is 33.9. The molecule has 0 amide bonds. The second-order valence-electron chi connectivity index (χ2n) is 17.1. The van der Waals surface area contributed by atoms with Crippen LogP contribution in [0.5, 0.6) is 0 Å². The van der Waals surface area contributed by atoms with Gasteiger partial charge in [0.05, 0.1) is 0 Å². The van der Waals surface area contributed by atoms with E-state index >= 15 is 0 Å². The second kappa shape index (κ2) is 14.6. The van der Waals surface area contributed by atoms with E-state index in [4.69, 9.17) is 0 Å².